The molecule has 0 N–H and O–H groups in total. The Hall–Kier alpha value is -0.800. The van der Waals surface area contributed by atoms with Crippen molar-refractivity contribution in [2.45, 2.75) is 26.4 Å². The summed E-state index contributed by atoms with van der Waals surface area (Å²) in [4.78, 5) is 3.17. The van der Waals surface area contributed by atoms with Gasteiger partial charge < -0.3 is 0 Å². The Labute approximate surface area is 76.4 Å². The van der Waals surface area contributed by atoms with Gasteiger partial charge in [-0.05, 0) is 12.0 Å². The van der Waals surface area contributed by atoms with Crippen molar-refractivity contribution in [2.24, 2.45) is 10.9 Å². The lowest BCUT2D eigenvalue weighted by Gasteiger charge is -2.06. The van der Waals surface area contributed by atoms with Gasteiger partial charge in [0.2, 0.25) is 0 Å². The van der Waals surface area contributed by atoms with E-state index in [0.717, 1.165) is 19.5 Å². The van der Waals surface area contributed by atoms with Crippen molar-refractivity contribution in [2.75, 3.05) is 7.05 Å². The maximum absolute atomic E-state index is 12.1. The van der Waals surface area contributed by atoms with E-state index < -0.39 is 11.9 Å². The number of halogens is 3. The minimum absolute atomic E-state index is 0.152. The largest absolute Gasteiger partial charge is 0.432 e. The molecule has 0 aromatic heterocycles. The predicted molar refractivity (Wildman–Crippen MR) is 48.0 cm³/mol. The smallest absolute Gasteiger partial charge is 0.284 e. The molecule has 0 amide bonds. The predicted octanol–water partition coefficient (Wildman–Crippen LogP) is 3.22. The highest BCUT2D eigenvalue weighted by Crippen LogP contribution is 2.18. The van der Waals surface area contributed by atoms with Gasteiger partial charge in [-0.1, -0.05) is 26.3 Å². The van der Waals surface area contributed by atoms with Gasteiger partial charge in [-0.3, -0.25) is 4.99 Å². The summed E-state index contributed by atoms with van der Waals surface area (Å²) in [5, 5.41) is 0. The van der Waals surface area contributed by atoms with E-state index >= 15 is 0 Å². The van der Waals surface area contributed by atoms with E-state index in [4.69, 9.17) is 0 Å². The van der Waals surface area contributed by atoms with Crippen LogP contribution >= 0.6 is 0 Å². The van der Waals surface area contributed by atoms with Gasteiger partial charge >= 0.3 is 6.18 Å². The van der Waals surface area contributed by atoms with Crippen LogP contribution in [0.4, 0.5) is 13.2 Å². The molecule has 0 aliphatic heterocycles. The Balaban J connectivity index is 4.41. The molecule has 0 bridgehead atoms. The molecule has 1 atom stereocenters. The quantitative estimate of drug-likeness (QED) is 0.610. The Kier molecular flexibility index (Phi) is 4.73. The highest BCUT2D eigenvalue weighted by atomic mass is 19.4. The fourth-order valence-electron chi connectivity index (χ4n) is 0.687. The van der Waals surface area contributed by atoms with Crippen LogP contribution in [0.15, 0.2) is 17.1 Å². The van der Waals surface area contributed by atoms with Gasteiger partial charge in [0.1, 0.15) is 5.71 Å². The van der Waals surface area contributed by atoms with Crippen molar-refractivity contribution in [3.8, 4) is 0 Å². The zero-order chi connectivity index (χ0) is 10.5. The van der Waals surface area contributed by atoms with E-state index in [1.54, 1.807) is 0 Å². The summed E-state index contributed by atoms with van der Waals surface area (Å²) < 4.78 is 36.3. The SMILES string of the molecule is CCC(C)/C=C\C(=N/C)C(F)(F)F. The summed E-state index contributed by atoms with van der Waals surface area (Å²) >= 11 is 0. The molecule has 0 fully saturated rings. The number of hydrogen-bond acceptors (Lipinski definition) is 1. The maximum Gasteiger partial charge on any atom is 0.432 e. The van der Waals surface area contributed by atoms with Crippen molar-refractivity contribution in [1.29, 1.82) is 0 Å². The molecule has 0 radical (unpaired) electrons. The standard InChI is InChI=1S/C9H14F3N/c1-4-7(2)5-6-8(13-3)9(10,11)12/h5-7H,4H2,1-3H3/b6-5-,13-8+. The molecule has 0 saturated heterocycles. The highest BCUT2D eigenvalue weighted by molar-refractivity contribution is 5.99. The summed E-state index contributed by atoms with van der Waals surface area (Å²) in [5.74, 6) is 0.152. The third-order valence-electron chi connectivity index (χ3n) is 1.76. The Morgan fingerprint density at radius 1 is 1.46 bits per heavy atom. The Bertz CT molecular complexity index is 203. The van der Waals surface area contributed by atoms with Crippen LogP contribution in [0.5, 0.6) is 0 Å². The number of hydrogen-bond donors (Lipinski definition) is 0. The third kappa shape index (κ3) is 4.70. The maximum atomic E-state index is 12.1. The number of rotatable bonds is 3. The second kappa shape index (κ2) is 5.04. The van der Waals surface area contributed by atoms with E-state index in [1.807, 2.05) is 13.8 Å². The first-order valence-electron chi connectivity index (χ1n) is 4.14. The normalized spacial score (nSPS) is 16.6. The molecule has 4 heteroatoms. The van der Waals surface area contributed by atoms with Crippen molar-refractivity contribution >= 4 is 5.71 Å². The molecule has 0 aliphatic carbocycles. The van der Waals surface area contributed by atoms with Crippen LogP contribution in [0.1, 0.15) is 20.3 Å². The van der Waals surface area contributed by atoms with Crippen molar-refractivity contribution in [3.05, 3.63) is 12.2 Å². The first-order chi connectivity index (χ1) is 5.91. The van der Waals surface area contributed by atoms with Gasteiger partial charge in [0.25, 0.3) is 0 Å². The van der Waals surface area contributed by atoms with E-state index in [1.165, 1.54) is 6.08 Å². The molecule has 0 heterocycles. The monoisotopic (exact) mass is 193 g/mol. The summed E-state index contributed by atoms with van der Waals surface area (Å²) in [6, 6.07) is 0. The van der Waals surface area contributed by atoms with E-state index in [-0.39, 0.29) is 5.92 Å². The van der Waals surface area contributed by atoms with E-state index in [2.05, 4.69) is 4.99 Å². The molecule has 76 valence electrons. The number of nitrogens with zero attached hydrogens (tertiary/aromatic N) is 1. The molecule has 1 unspecified atom stereocenters. The molecule has 0 spiro atoms. The summed E-state index contributed by atoms with van der Waals surface area (Å²) in [7, 11) is 1.14. The van der Waals surface area contributed by atoms with Crippen LogP contribution in [-0.2, 0) is 0 Å². The minimum atomic E-state index is -4.33. The average Bonchev–Trinajstić information content (AvgIpc) is 2.02. The van der Waals surface area contributed by atoms with Crippen molar-refractivity contribution in [1.82, 2.24) is 0 Å². The summed E-state index contributed by atoms with van der Waals surface area (Å²) in [5.41, 5.74) is -0.826. The van der Waals surface area contributed by atoms with E-state index in [9.17, 15) is 13.2 Å². The molecule has 0 aromatic carbocycles. The lowest BCUT2D eigenvalue weighted by Crippen LogP contribution is -2.20. The van der Waals surface area contributed by atoms with Gasteiger partial charge in [0.05, 0.1) is 0 Å². The number of alkyl halides is 3. The third-order valence-corrected chi connectivity index (χ3v) is 1.76. The van der Waals surface area contributed by atoms with Crippen molar-refractivity contribution in [3.63, 3.8) is 0 Å². The van der Waals surface area contributed by atoms with Gasteiger partial charge in [0.15, 0.2) is 0 Å². The highest BCUT2D eigenvalue weighted by Gasteiger charge is 2.32. The second-order valence-electron chi connectivity index (χ2n) is 2.85. The number of allylic oxidation sites excluding steroid dienone is 2. The molecule has 1 nitrogen and oxygen atoms in total. The fraction of sp³-hybridized carbons (Fsp3) is 0.667. The van der Waals surface area contributed by atoms with Crippen LogP contribution in [0.25, 0.3) is 0 Å². The summed E-state index contributed by atoms with van der Waals surface area (Å²) in [6.45, 7) is 3.78. The van der Waals surface area contributed by atoms with E-state index in [0.29, 0.717) is 0 Å². The van der Waals surface area contributed by atoms with Gasteiger partial charge in [0, 0.05) is 7.05 Å². The molecular formula is C9H14F3N. The lowest BCUT2D eigenvalue weighted by atomic mass is 10.1. The van der Waals surface area contributed by atoms with Gasteiger partial charge in [-0.15, -0.1) is 0 Å². The van der Waals surface area contributed by atoms with Gasteiger partial charge in [-0.25, -0.2) is 0 Å². The topological polar surface area (TPSA) is 12.4 Å². The van der Waals surface area contributed by atoms with Crippen molar-refractivity contribution < 1.29 is 13.2 Å². The molecule has 0 rings (SSSR count). The molecule has 0 saturated carbocycles. The first-order valence-corrected chi connectivity index (χ1v) is 4.14. The average molecular weight is 193 g/mol. The molecule has 13 heavy (non-hydrogen) atoms. The summed E-state index contributed by atoms with van der Waals surface area (Å²) in [6.07, 6.45) is -0.950. The number of aliphatic imine (C=N–C) groups is 1. The lowest BCUT2D eigenvalue weighted by molar-refractivity contribution is -0.0577. The zero-order valence-corrected chi connectivity index (χ0v) is 8.02. The first kappa shape index (κ1) is 12.2. The zero-order valence-electron chi connectivity index (χ0n) is 8.02. The van der Waals surface area contributed by atoms with Crippen LogP contribution in [-0.4, -0.2) is 18.9 Å². The Morgan fingerprint density at radius 3 is 2.31 bits per heavy atom. The molecular weight excluding hydrogens is 179 g/mol. The van der Waals surface area contributed by atoms with Gasteiger partial charge in [-0.2, -0.15) is 13.2 Å². The second-order valence-corrected chi connectivity index (χ2v) is 2.85. The molecule has 0 aliphatic rings. The fourth-order valence-corrected chi connectivity index (χ4v) is 0.687. The molecule has 0 aromatic rings. The van der Waals surface area contributed by atoms with Crippen LogP contribution < -0.4 is 0 Å². The Morgan fingerprint density at radius 2 is 2.00 bits per heavy atom. The van der Waals surface area contributed by atoms with Crippen LogP contribution in [0, 0.1) is 5.92 Å². The van der Waals surface area contributed by atoms with Crippen LogP contribution in [0.2, 0.25) is 0 Å². The minimum Gasteiger partial charge on any atom is -0.284 e. The van der Waals surface area contributed by atoms with Crippen LogP contribution in [0.3, 0.4) is 0 Å².